The topological polar surface area (TPSA) is 77.3 Å². The highest BCUT2D eigenvalue weighted by molar-refractivity contribution is 7.89. The van der Waals surface area contributed by atoms with E-state index in [-0.39, 0.29) is 6.54 Å². The molecule has 3 aromatic carbocycles. The molecule has 0 aliphatic carbocycles. The molecule has 0 aliphatic heterocycles. The number of unbranched alkanes of at least 4 members (excludes halogenated alkanes) is 1. The van der Waals surface area contributed by atoms with Crippen molar-refractivity contribution >= 4 is 10.0 Å². The minimum atomic E-state index is -3.69. The van der Waals surface area contributed by atoms with Crippen molar-refractivity contribution in [1.29, 1.82) is 0 Å². The number of hydrogen-bond acceptors (Lipinski definition) is 5. The van der Waals surface area contributed by atoms with E-state index in [1.807, 2.05) is 54.0 Å². The molecule has 0 amide bonds. The molecule has 0 bridgehead atoms. The van der Waals surface area contributed by atoms with Gasteiger partial charge in [0, 0.05) is 13.1 Å². The van der Waals surface area contributed by atoms with E-state index in [0.29, 0.717) is 23.8 Å². The van der Waals surface area contributed by atoms with E-state index in [4.69, 9.17) is 4.74 Å². The molecular formula is C30H36N4O3S. The van der Waals surface area contributed by atoms with Crippen LogP contribution in [0.15, 0.2) is 90.1 Å². The monoisotopic (exact) mass is 532 g/mol. The lowest BCUT2D eigenvalue weighted by Gasteiger charge is -2.22. The maximum Gasteiger partial charge on any atom is 0.243 e. The second-order valence-corrected chi connectivity index (χ2v) is 11.4. The maximum absolute atomic E-state index is 13.7. The first kappa shape index (κ1) is 27.5. The van der Waals surface area contributed by atoms with Gasteiger partial charge in [-0.1, -0.05) is 60.2 Å². The minimum Gasteiger partial charge on any atom is -0.497 e. The van der Waals surface area contributed by atoms with Gasteiger partial charge in [-0.2, -0.15) is 4.31 Å². The molecule has 4 rings (SSSR count). The summed E-state index contributed by atoms with van der Waals surface area (Å²) in [5.41, 5.74) is 3.51. The smallest absolute Gasteiger partial charge is 0.243 e. The SMILES string of the molecule is COc1ccc(CCCn2cnnc2CN(CCCCc2ccccc2)S(=O)(=O)c2ccc(C)cc2)cc1. The van der Waals surface area contributed by atoms with Gasteiger partial charge in [-0.25, -0.2) is 8.42 Å². The predicted octanol–water partition coefficient (Wildman–Crippen LogP) is 5.44. The summed E-state index contributed by atoms with van der Waals surface area (Å²) in [6.07, 6.45) is 6.05. The number of sulfonamides is 1. The highest BCUT2D eigenvalue weighted by atomic mass is 32.2. The number of methoxy groups -OCH3 is 1. The molecule has 1 aromatic heterocycles. The fourth-order valence-corrected chi connectivity index (χ4v) is 5.83. The molecule has 0 aliphatic rings. The average Bonchev–Trinajstić information content (AvgIpc) is 3.38. The van der Waals surface area contributed by atoms with Crippen LogP contribution in [0.4, 0.5) is 0 Å². The molecule has 0 saturated heterocycles. The molecule has 38 heavy (non-hydrogen) atoms. The van der Waals surface area contributed by atoms with Gasteiger partial charge in [0.2, 0.25) is 10.0 Å². The lowest BCUT2D eigenvalue weighted by molar-refractivity contribution is 0.378. The average molecular weight is 533 g/mol. The van der Waals surface area contributed by atoms with E-state index < -0.39 is 10.0 Å². The number of ether oxygens (including phenoxy) is 1. The third kappa shape index (κ3) is 7.52. The Hall–Kier alpha value is -3.49. The molecule has 0 unspecified atom stereocenters. The van der Waals surface area contributed by atoms with Crippen LogP contribution in [0.5, 0.6) is 5.75 Å². The van der Waals surface area contributed by atoms with Gasteiger partial charge in [-0.15, -0.1) is 10.2 Å². The van der Waals surface area contributed by atoms with Crippen molar-refractivity contribution in [2.75, 3.05) is 13.7 Å². The fourth-order valence-electron chi connectivity index (χ4n) is 4.40. The second kappa shape index (κ2) is 13.3. The van der Waals surface area contributed by atoms with E-state index in [1.54, 1.807) is 29.9 Å². The molecule has 0 spiro atoms. The summed E-state index contributed by atoms with van der Waals surface area (Å²) in [5, 5.41) is 8.39. The largest absolute Gasteiger partial charge is 0.497 e. The summed E-state index contributed by atoms with van der Waals surface area (Å²) in [6.45, 7) is 3.26. The van der Waals surface area contributed by atoms with Gasteiger partial charge in [0.1, 0.15) is 17.9 Å². The Kier molecular flexibility index (Phi) is 9.67. The summed E-state index contributed by atoms with van der Waals surface area (Å²) in [4.78, 5) is 0.303. The minimum absolute atomic E-state index is 0.185. The number of hydrogen-bond donors (Lipinski definition) is 0. The van der Waals surface area contributed by atoms with Crippen molar-refractivity contribution in [3.63, 3.8) is 0 Å². The van der Waals surface area contributed by atoms with E-state index in [9.17, 15) is 8.42 Å². The molecule has 0 saturated carbocycles. The summed E-state index contributed by atoms with van der Waals surface area (Å²) in [5.74, 6) is 1.49. The zero-order valence-corrected chi connectivity index (χ0v) is 23.0. The van der Waals surface area contributed by atoms with Crippen LogP contribution in [-0.4, -0.2) is 41.1 Å². The van der Waals surface area contributed by atoms with E-state index >= 15 is 0 Å². The molecule has 0 radical (unpaired) electrons. The predicted molar refractivity (Wildman–Crippen MR) is 149 cm³/mol. The maximum atomic E-state index is 13.7. The Labute approximate surface area is 226 Å². The second-order valence-electron chi connectivity index (χ2n) is 9.49. The zero-order chi connectivity index (χ0) is 26.8. The number of rotatable bonds is 14. The van der Waals surface area contributed by atoms with Crippen molar-refractivity contribution in [1.82, 2.24) is 19.1 Å². The summed E-state index contributed by atoms with van der Waals surface area (Å²) < 4.78 is 36.1. The van der Waals surface area contributed by atoms with Crippen LogP contribution in [-0.2, 0) is 36.0 Å². The van der Waals surface area contributed by atoms with Gasteiger partial charge in [0.15, 0.2) is 0 Å². The highest BCUT2D eigenvalue weighted by Gasteiger charge is 2.26. The Morgan fingerprint density at radius 3 is 2.24 bits per heavy atom. The zero-order valence-electron chi connectivity index (χ0n) is 22.2. The van der Waals surface area contributed by atoms with Crippen LogP contribution in [0, 0.1) is 6.92 Å². The molecule has 0 fully saturated rings. The van der Waals surface area contributed by atoms with Crippen molar-refractivity contribution < 1.29 is 13.2 Å². The Morgan fingerprint density at radius 2 is 1.53 bits per heavy atom. The van der Waals surface area contributed by atoms with Crippen LogP contribution >= 0.6 is 0 Å². The van der Waals surface area contributed by atoms with Gasteiger partial charge >= 0.3 is 0 Å². The molecule has 1 heterocycles. The lowest BCUT2D eigenvalue weighted by Crippen LogP contribution is -2.33. The Balaban J connectivity index is 1.43. The highest BCUT2D eigenvalue weighted by Crippen LogP contribution is 2.20. The van der Waals surface area contributed by atoms with E-state index in [1.165, 1.54) is 11.1 Å². The van der Waals surface area contributed by atoms with Gasteiger partial charge < -0.3 is 9.30 Å². The standard InChI is InChI=1S/C30H36N4O3S/c1-25-13-19-29(20-14-25)38(35,36)34(22-7-6-11-26-9-4-3-5-10-26)23-30-32-31-24-33(30)21-8-12-27-15-17-28(37-2)18-16-27/h3-5,9-10,13-20,24H,6-8,11-12,21-23H2,1-2H3. The van der Waals surface area contributed by atoms with Crippen molar-refractivity contribution in [3.05, 3.63) is 108 Å². The Bertz CT molecular complexity index is 1370. The third-order valence-corrected chi connectivity index (χ3v) is 8.52. The fraction of sp³-hybridized carbons (Fsp3) is 0.333. The van der Waals surface area contributed by atoms with Crippen molar-refractivity contribution in [3.8, 4) is 5.75 Å². The Morgan fingerprint density at radius 1 is 0.842 bits per heavy atom. The van der Waals surface area contributed by atoms with Crippen molar-refractivity contribution in [2.24, 2.45) is 0 Å². The quantitative estimate of drug-likeness (QED) is 0.202. The van der Waals surface area contributed by atoms with Crippen LogP contribution < -0.4 is 4.74 Å². The van der Waals surface area contributed by atoms with Crippen LogP contribution in [0.1, 0.15) is 41.8 Å². The number of nitrogens with zero attached hydrogens (tertiary/aromatic N) is 4. The first-order chi connectivity index (χ1) is 18.5. The molecular weight excluding hydrogens is 496 g/mol. The molecule has 8 heteroatoms. The van der Waals surface area contributed by atoms with Crippen molar-refractivity contribution in [2.45, 2.75) is 57.0 Å². The number of aryl methyl sites for hydroxylation is 4. The molecule has 0 atom stereocenters. The van der Waals surface area contributed by atoms with Crippen LogP contribution in [0.3, 0.4) is 0 Å². The van der Waals surface area contributed by atoms with Gasteiger partial charge in [0.25, 0.3) is 0 Å². The van der Waals surface area contributed by atoms with Crippen LogP contribution in [0.2, 0.25) is 0 Å². The number of aromatic nitrogens is 3. The normalized spacial score (nSPS) is 11.7. The van der Waals surface area contributed by atoms with E-state index in [2.05, 4.69) is 34.5 Å². The summed E-state index contributed by atoms with van der Waals surface area (Å²) >= 11 is 0. The summed E-state index contributed by atoms with van der Waals surface area (Å²) in [7, 11) is -2.02. The molecule has 0 N–H and O–H groups in total. The van der Waals surface area contributed by atoms with Gasteiger partial charge in [0.05, 0.1) is 18.6 Å². The summed E-state index contributed by atoms with van der Waals surface area (Å²) in [6, 6.07) is 25.4. The molecule has 200 valence electrons. The number of benzene rings is 3. The molecule has 4 aromatic rings. The lowest BCUT2D eigenvalue weighted by atomic mass is 10.1. The third-order valence-electron chi connectivity index (χ3n) is 6.66. The first-order valence-electron chi connectivity index (χ1n) is 13.1. The van der Waals surface area contributed by atoms with E-state index in [0.717, 1.165) is 43.4 Å². The van der Waals surface area contributed by atoms with Gasteiger partial charge in [-0.05, 0) is 74.4 Å². The van der Waals surface area contributed by atoms with Crippen LogP contribution in [0.25, 0.3) is 0 Å². The van der Waals surface area contributed by atoms with Gasteiger partial charge in [-0.3, -0.25) is 0 Å². The first-order valence-corrected chi connectivity index (χ1v) is 14.5. The molecule has 7 nitrogen and oxygen atoms in total.